The van der Waals surface area contributed by atoms with Crippen molar-refractivity contribution in [1.29, 1.82) is 0 Å². The summed E-state index contributed by atoms with van der Waals surface area (Å²) in [6.07, 6.45) is -1.45. The van der Waals surface area contributed by atoms with Crippen LogP contribution in [-0.4, -0.2) is 32.0 Å². The molecule has 1 aromatic carbocycles. The van der Waals surface area contributed by atoms with Gasteiger partial charge in [0, 0.05) is 24.0 Å². The molecule has 0 unspecified atom stereocenters. The minimum Gasteiger partial charge on any atom is -0.343 e. The van der Waals surface area contributed by atoms with Crippen LogP contribution in [0.4, 0.5) is 13.2 Å². The SMILES string of the molecule is C[C@@H](NS(=O)(=O)c1ccc(C(=O)NCC(F)(F)F)cc1)c1ccncc1. The number of hydrogen-bond acceptors (Lipinski definition) is 4. The number of amides is 1. The molecule has 1 heterocycles. The predicted octanol–water partition coefficient (Wildman–Crippen LogP) is 2.41. The largest absolute Gasteiger partial charge is 0.405 e. The van der Waals surface area contributed by atoms with Crippen LogP contribution in [-0.2, 0) is 10.0 Å². The summed E-state index contributed by atoms with van der Waals surface area (Å²) in [5.41, 5.74) is 0.641. The Kier molecular flexibility index (Phi) is 5.98. The molecule has 0 aliphatic carbocycles. The van der Waals surface area contributed by atoms with E-state index in [4.69, 9.17) is 0 Å². The first-order valence-electron chi connectivity index (χ1n) is 7.46. The van der Waals surface area contributed by atoms with E-state index in [0.717, 1.165) is 24.3 Å². The summed E-state index contributed by atoms with van der Waals surface area (Å²) in [5, 5.41) is 1.72. The summed E-state index contributed by atoms with van der Waals surface area (Å²) in [4.78, 5) is 15.4. The highest BCUT2D eigenvalue weighted by molar-refractivity contribution is 7.89. The van der Waals surface area contributed by atoms with Crippen LogP contribution in [0, 0.1) is 0 Å². The quantitative estimate of drug-likeness (QED) is 0.797. The van der Waals surface area contributed by atoms with Crippen LogP contribution in [0.1, 0.15) is 28.9 Å². The van der Waals surface area contributed by atoms with E-state index in [1.807, 2.05) is 0 Å². The van der Waals surface area contributed by atoms with Gasteiger partial charge in [0.05, 0.1) is 4.90 Å². The molecule has 1 amide bonds. The minimum absolute atomic E-state index is 0.0737. The molecular weight excluding hydrogens is 371 g/mol. The third kappa shape index (κ3) is 5.53. The summed E-state index contributed by atoms with van der Waals surface area (Å²) in [6.45, 7) is 0.197. The first-order valence-corrected chi connectivity index (χ1v) is 8.94. The van der Waals surface area contributed by atoms with Crippen molar-refractivity contribution in [2.75, 3.05) is 6.54 Å². The van der Waals surface area contributed by atoms with Crippen LogP contribution in [0.3, 0.4) is 0 Å². The molecule has 0 saturated carbocycles. The molecule has 0 radical (unpaired) electrons. The zero-order valence-corrected chi connectivity index (χ0v) is 14.4. The van der Waals surface area contributed by atoms with Gasteiger partial charge in [-0.15, -0.1) is 0 Å². The molecular formula is C16H16F3N3O3S. The fourth-order valence-electron chi connectivity index (χ4n) is 2.09. The summed E-state index contributed by atoms with van der Waals surface area (Å²) in [6, 6.07) is 7.43. The normalized spacial score (nSPS) is 13.2. The van der Waals surface area contributed by atoms with Crippen molar-refractivity contribution in [1.82, 2.24) is 15.0 Å². The lowest BCUT2D eigenvalue weighted by molar-refractivity contribution is -0.123. The van der Waals surface area contributed by atoms with Crippen molar-refractivity contribution in [2.24, 2.45) is 0 Å². The van der Waals surface area contributed by atoms with Gasteiger partial charge in [-0.1, -0.05) is 0 Å². The van der Waals surface area contributed by atoms with Crippen molar-refractivity contribution in [3.05, 3.63) is 59.9 Å². The van der Waals surface area contributed by atoms with Crippen molar-refractivity contribution in [2.45, 2.75) is 24.0 Å². The number of hydrogen-bond donors (Lipinski definition) is 2. The van der Waals surface area contributed by atoms with E-state index < -0.39 is 34.7 Å². The number of carbonyl (C=O) groups is 1. The Bertz CT molecular complexity index is 854. The monoisotopic (exact) mass is 387 g/mol. The molecule has 2 rings (SSSR count). The Balaban J connectivity index is 2.07. The fraction of sp³-hybridized carbons (Fsp3) is 0.250. The number of pyridine rings is 1. The van der Waals surface area contributed by atoms with Gasteiger partial charge >= 0.3 is 6.18 Å². The molecule has 1 atom stereocenters. The first-order chi connectivity index (χ1) is 12.1. The maximum absolute atomic E-state index is 12.4. The molecule has 0 bridgehead atoms. The standard InChI is InChI=1S/C16H16F3N3O3S/c1-11(12-6-8-20-9-7-12)22-26(24,25)14-4-2-13(3-5-14)15(23)21-10-16(17,18)19/h2-9,11,22H,10H2,1H3,(H,21,23)/t11-/m1/s1. The molecule has 0 aliphatic heterocycles. The molecule has 10 heteroatoms. The maximum atomic E-state index is 12.4. The van der Waals surface area contributed by atoms with E-state index in [-0.39, 0.29) is 10.5 Å². The van der Waals surface area contributed by atoms with Gasteiger partial charge in [0.2, 0.25) is 10.0 Å². The summed E-state index contributed by atoms with van der Waals surface area (Å²) >= 11 is 0. The molecule has 0 spiro atoms. The molecule has 0 aliphatic rings. The Morgan fingerprint density at radius 3 is 2.23 bits per heavy atom. The molecule has 1 aromatic heterocycles. The van der Waals surface area contributed by atoms with E-state index in [9.17, 15) is 26.4 Å². The van der Waals surface area contributed by atoms with Gasteiger partial charge in [-0.2, -0.15) is 13.2 Å². The van der Waals surface area contributed by atoms with Crippen LogP contribution in [0.2, 0.25) is 0 Å². The minimum atomic E-state index is -4.52. The molecule has 6 nitrogen and oxygen atoms in total. The van der Waals surface area contributed by atoms with Crippen LogP contribution in [0.5, 0.6) is 0 Å². The second-order valence-electron chi connectivity index (χ2n) is 5.45. The number of nitrogens with one attached hydrogen (secondary N) is 2. The Labute approximate surface area is 148 Å². The average molecular weight is 387 g/mol. The Morgan fingerprint density at radius 2 is 1.69 bits per heavy atom. The number of halogens is 3. The Hall–Kier alpha value is -2.46. The second-order valence-corrected chi connectivity index (χ2v) is 7.16. The molecule has 0 saturated heterocycles. The van der Waals surface area contributed by atoms with Crippen LogP contribution in [0.25, 0.3) is 0 Å². The lowest BCUT2D eigenvalue weighted by Crippen LogP contribution is -2.33. The van der Waals surface area contributed by atoms with Crippen molar-refractivity contribution >= 4 is 15.9 Å². The van der Waals surface area contributed by atoms with Gasteiger partial charge < -0.3 is 5.32 Å². The first kappa shape index (κ1) is 19.9. The number of nitrogens with zero attached hydrogens (tertiary/aromatic N) is 1. The van der Waals surface area contributed by atoms with Gasteiger partial charge in [0.25, 0.3) is 5.91 Å². The van der Waals surface area contributed by atoms with E-state index >= 15 is 0 Å². The highest BCUT2D eigenvalue weighted by Gasteiger charge is 2.28. The van der Waals surface area contributed by atoms with Gasteiger partial charge in [0.1, 0.15) is 6.54 Å². The van der Waals surface area contributed by atoms with Gasteiger partial charge in [-0.05, 0) is 48.9 Å². The van der Waals surface area contributed by atoms with E-state index in [0.29, 0.717) is 5.56 Å². The summed E-state index contributed by atoms with van der Waals surface area (Å²) in [5.74, 6) is -0.940. The van der Waals surface area contributed by atoms with Crippen LogP contribution < -0.4 is 10.0 Å². The fourth-order valence-corrected chi connectivity index (χ4v) is 3.32. The summed E-state index contributed by atoms with van der Waals surface area (Å²) in [7, 11) is -3.87. The third-order valence-corrected chi connectivity index (χ3v) is 4.97. The summed E-state index contributed by atoms with van der Waals surface area (Å²) < 4.78 is 63.6. The lowest BCUT2D eigenvalue weighted by atomic mass is 10.1. The Morgan fingerprint density at radius 1 is 1.12 bits per heavy atom. The number of rotatable bonds is 6. The number of sulfonamides is 1. The zero-order chi connectivity index (χ0) is 19.4. The smallest absolute Gasteiger partial charge is 0.343 e. The molecule has 140 valence electrons. The third-order valence-electron chi connectivity index (χ3n) is 3.41. The molecule has 2 N–H and O–H groups in total. The zero-order valence-electron chi connectivity index (χ0n) is 13.6. The number of carbonyl (C=O) groups excluding carboxylic acids is 1. The second kappa shape index (κ2) is 7.83. The van der Waals surface area contributed by atoms with Gasteiger partial charge in [-0.3, -0.25) is 9.78 Å². The molecule has 2 aromatic rings. The number of aromatic nitrogens is 1. The van der Waals surface area contributed by atoms with Crippen molar-refractivity contribution < 1.29 is 26.4 Å². The van der Waals surface area contributed by atoms with E-state index in [1.54, 1.807) is 24.4 Å². The lowest BCUT2D eigenvalue weighted by Gasteiger charge is -2.14. The molecule has 26 heavy (non-hydrogen) atoms. The van der Waals surface area contributed by atoms with Crippen LogP contribution >= 0.6 is 0 Å². The van der Waals surface area contributed by atoms with Gasteiger partial charge in [0.15, 0.2) is 0 Å². The van der Waals surface area contributed by atoms with Crippen LogP contribution in [0.15, 0.2) is 53.7 Å². The van der Waals surface area contributed by atoms with E-state index in [1.165, 1.54) is 12.4 Å². The van der Waals surface area contributed by atoms with Crippen molar-refractivity contribution in [3.63, 3.8) is 0 Å². The van der Waals surface area contributed by atoms with Crippen molar-refractivity contribution in [3.8, 4) is 0 Å². The number of benzene rings is 1. The highest BCUT2D eigenvalue weighted by Crippen LogP contribution is 2.17. The predicted molar refractivity (Wildman–Crippen MR) is 87.8 cm³/mol. The average Bonchev–Trinajstić information content (AvgIpc) is 2.59. The van der Waals surface area contributed by atoms with E-state index in [2.05, 4.69) is 9.71 Å². The number of alkyl halides is 3. The molecule has 0 fully saturated rings. The highest BCUT2D eigenvalue weighted by atomic mass is 32.2. The maximum Gasteiger partial charge on any atom is 0.405 e. The van der Waals surface area contributed by atoms with Gasteiger partial charge in [-0.25, -0.2) is 13.1 Å². The topological polar surface area (TPSA) is 88.2 Å².